The summed E-state index contributed by atoms with van der Waals surface area (Å²) in [5.41, 5.74) is 0.00811. The Labute approximate surface area is 111 Å². The van der Waals surface area contributed by atoms with Gasteiger partial charge in [0, 0.05) is 19.8 Å². The second-order valence-corrected chi connectivity index (χ2v) is 5.96. The summed E-state index contributed by atoms with van der Waals surface area (Å²) in [5.74, 6) is 0.867. The van der Waals surface area contributed by atoms with Gasteiger partial charge in [-0.1, -0.05) is 26.7 Å². The Hall–Kier alpha value is -0.120. The molecule has 2 unspecified atom stereocenters. The summed E-state index contributed by atoms with van der Waals surface area (Å²) in [5, 5.41) is 10.6. The van der Waals surface area contributed by atoms with Crippen LogP contribution in [0.3, 0.4) is 0 Å². The summed E-state index contributed by atoms with van der Waals surface area (Å²) in [7, 11) is 0. The van der Waals surface area contributed by atoms with E-state index in [1.807, 2.05) is 0 Å². The van der Waals surface area contributed by atoms with Gasteiger partial charge in [-0.25, -0.2) is 0 Å². The predicted octanol–water partition coefficient (Wildman–Crippen LogP) is 2.76. The summed E-state index contributed by atoms with van der Waals surface area (Å²) in [6.07, 6.45) is 6.03. The molecule has 1 N–H and O–H groups in total. The Balaban J connectivity index is 1.97. The quantitative estimate of drug-likeness (QED) is 0.840. The maximum atomic E-state index is 10.6. The van der Waals surface area contributed by atoms with Crippen molar-refractivity contribution < 1.29 is 14.6 Å². The topological polar surface area (TPSA) is 38.7 Å². The summed E-state index contributed by atoms with van der Waals surface area (Å²) < 4.78 is 11.5. The largest absolute Gasteiger partial charge is 0.393 e. The van der Waals surface area contributed by atoms with Crippen LogP contribution in [0.4, 0.5) is 0 Å². The molecule has 2 aliphatic heterocycles. The van der Waals surface area contributed by atoms with Crippen LogP contribution in [0.5, 0.6) is 0 Å². The van der Waals surface area contributed by atoms with E-state index in [-0.39, 0.29) is 11.7 Å². The van der Waals surface area contributed by atoms with Gasteiger partial charge in [0.1, 0.15) is 0 Å². The van der Waals surface area contributed by atoms with Crippen molar-refractivity contribution in [3.05, 3.63) is 0 Å². The zero-order chi connectivity index (χ0) is 13.0. The van der Waals surface area contributed by atoms with Crippen molar-refractivity contribution >= 4 is 0 Å². The molecule has 0 aliphatic carbocycles. The van der Waals surface area contributed by atoms with Crippen molar-refractivity contribution in [2.75, 3.05) is 19.8 Å². The van der Waals surface area contributed by atoms with E-state index in [0.717, 1.165) is 58.3 Å². The lowest BCUT2D eigenvalue weighted by Gasteiger charge is -2.45. The molecule has 2 atom stereocenters. The van der Waals surface area contributed by atoms with Crippen molar-refractivity contribution in [1.29, 1.82) is 0 Å². The molecule has 1 spiro atoms. The molecule has 2 saturated heterocycles. The van der Waals surface area contributed by atoms with Crippen LogP contribution in [-0.2, 0) is 9.47 Å². The summed E-state index contributed by atoms with van der Waals surface area (Å²) in [6.45, 7) is 6.80. The Morgan fingerprint density at radius 1 is 1.17 bits per heavy atom. The first-order chi connectivity index (χ1) is 8.71. The molecular weight excluding hydrogens is 228 g/mol. The van der Waals surface area contributed by atoms with Crippen molar-refractivity contribution in [2.45, 2.75) is 64.1 Å². The summed E-state index contributed by atoms with van der Waals surface area (Å²) in [4.78, 5) is 0. The van der Waals surface area contributed by atoms with E-state index in [9.17, 15) is 5.11 Å². The molecule has 0 bridgehead atoms. The minimum atomic E-state index is -0.149. The third-order valence-corrected chi connectivity index (χ3v) is 4.95. The van der Waals surface area contributed by atoms with E-state index in [2.05, 4.69) is 13.8 Å². The van der Waals surface area contributed by atoms with Gasteiger partial charge in [-0.3, -0.25) is 0 Å². The average Bonchev–Trinajstić information content (AvgIpc) is 2.41. The van der Waals surface area contributed by atoms with E-state index < -0.39 is 0 Å². The molecule has 0 aromatic carbocycles. The van der Waals surface area contributed by atoms with Gasteiger partial charge in [-0.15, -0.1) is 0 Å². The van der Waals surface area contributed by atoms with Crippen LogP contribution >= 0.6 is 0 Å². The van der Waals surface area contributed by atoms with Gasteiger partial charge in [-0.2, -0.15) is 0 Å². The Kier molecular flexibility index (Phi) is 5.05. The Morgan fingerprint density at radius 2 is 1.83 bits per heavy atom. The van der Waals surface area contributed by atoms with Gasteiger partial charge in [0.25, 0.3) is 0 Å². The molecule has 2 rings (SSSR count). The highest BCUT2D eigenvalue weighted by Gasteiger charge is 2.41. The van der Waals surface area contributed by atoms with Crippen LogP contribution in [0.15, 0.2) is 0 Å². The standard InChI is InChI=1S/C15H28O3/c1-3-12(4-2)14(16)13-5-8-18-15(11-13)6-9-17-10-7-15/h12-14,16H,3-11H2,1-2H3. The minimum absolute atomic E-state index is 0.00811. The van der Waals surface area contributed by atoms with E-state index in [0.29, 0.717) is 11.8 Å². The Bertz CT molecular complexity index is 239. The number of hydrogen-bond acceptors (Lipinski definition) is 3. The third-order valence-electron chi connectivity index (χ3n) is 4.95. The fraction of sp³-hybridized carbons (Fsp3) is 1.00. The lowest BCUT2D eigenvalue weighted by Crippen LogP contribution is -2.47. The number of rotatable bonds is 4. The van der Waals surface area contributed by atoms with Crippen molar-refractivity contribution in [3.63, 3.8) is 0 Å². The zero-order valence-electron chi connectivity index (χ0n) is 11.9. The first-order valence-electron chi connectivity index (χ1n) is 7.60. The predicted molar refractivity (Wildman–Crippen MR) is 71.5 cm³/mol. The fourth-order valence-electron chi connectivity index (χ4n) is 3.61. The van der Waals surface area contributed by atoms with Crippen molar-refractivity contribution in [3.8, 4) is 0 Å². The molecule has 2 heterocycles. The number of ether oxygens (including phenoxy) is 2. The average molecular weight is 256 g/mol. The van der Waals surface area contributed by atoms with Crippen LogP contribution in [0, 0.1) is 11.8 Å². The highest BCUT2D eigenvalue weighted by Crippen LogP contribution is 2.40. The number of aliphatic hydroxyl groups excluding tert-OH is 1. The molecule has 0 saturated carbocycles. The molecule has 18 heavy (non-hydrogen) atoms. The van der Waals surface area contributed by atoms with Crippen LogP contribution in [0.2, 0.25) is 0 Å². The molecular formula is C15H28O3. The van der Waals surface area contributed by atoms with Crippen LogP contribution in [0.25, 0.3) is 0 Å². The molecule has 0 aromatic rings. The van der Waals surface area contributed by atoms with Gasteiger partial charge in [0.15, 0.2) is 0 Å². The van der Waals surface area contributed by atoms with Crippen molar-refractivity contribution in [2.24, 2.45) is 11.8 Å². The van der Waals surface area contributed by atoms with Crippen LogP contribution < -0.4 is 0 Å². The maximum absolute atomic E-state index is 10.6. The number of aliphatic hydroxyl groups is 1. The van der Waals surface area contributed by atoms with Crippen LogP contribution in [0.1, 0.15) is 52.4 Å². The summed E-state index contributed by atoms with van der Waals surface area (Å²) in [6, 6.07) is 0. The highest BCUT2D eigenvalue weighted by molar-refractivity contribution is 4.92. The smallest absolute Gasteiger partial charge is 0.0730 e. The van der Waals surface area contributed by atoms with Crippen LogP contribution in [-0.4, -0.2) is 36.6 Å². The first kappa shape index (κ1) is 14.3. The zero-order valence-corrected chi connectivity index (χ0v) is 11.9. The molecule has 3 nitrogen and oxygen atoms in total. The monoisotopic (exact) mass is 256 g/mol. The maximum Gasteiger partial charge on any atom is 0.0730 e. The second-order valence-electron chi connectivity index (χ2n) is 5.96. The fourth-order valence-corrected chi connectivity index (χ4v) is 3.61. The molecule has 2 fully saturated rings. The van der Waals surface area contributed by atoms with Gasteiger partial charge in [0.2, 0.25) is 0 Å². The summed E-state index contributed by atoms with van der Waals surface area (Å²) >= 11 is 0. The van der Waals surface area contributed by atoms with Gasteiger partial charge >= 0.3 is 0 Å². The van der Waals surface area contributed by atoms with E-state index >= 15 is 0 Å². The van der Waals surface area contributed by atoms with Crippen molar-refractivity contribution in [1.82, 2.24) is 0 Å². The number of hydrogen-bond donors (Lipinski definition) is 1. The molecule has 0 aromatic heterocycles. The van der Waals surface area contributed by atoms with Gasteiger partial charge < -0.3 is 14.6 Å². The van der Waals surface area contributed by atoms with E-state index in [1.54, 1.807) is 0 Å². The highest BCUT2D eigenvalue weighted by atomic mass is 16.5. The molecule has 106 valence electrons. The molecule has 0 amide bonds. The van der Waals surface area contributed by atoms with E-state index in [1.165, 1.54) is 0 Å². The third kappa shape index (κ3) is 3.06. The SMILES string of the molecule is CCC(CC)C(O)C1CCOC2(CCOCC2)C1. The normalized spacial score (nSPS) is 29.7. The minimum Gasteiger partial charge on any atom is -0.393 e. The molecule has 2 aliphatic rings. The van der Waals surface area contributed by atoms with E-state index in [4.69, 9.17) is 9.47 Å². The van der Waals surface area contributed by atoms with Gasteiger partial charge in [0.05, 0.1) is 11.7 Å². The molecule has 3 heteroatoms. The second kappa shape index (κ2) is 6.36. The first-order valence-corrected chi connectivity index (χ1v) is 7.60. The Morgan fingerprint density at radius 3 is 2.44 bits per heavy atom. The lowest BCUT2D eigenvalue weighted by atomic mass is 9.75. The molecule has 0 radical (unpaired) electrons. The van der Waals surface area contributed by atoms with Gasteiger partial charge in [-0.05, 0) is 37.5 Å². The lowest BCUT2D eigenvalue weighted by molar-refractivity contribution is -0.162.